The van der Waals surface area contributed by atoms with Crippen LogP contribution < -0.4 is 9.64 Å². The molecule has 0 N–H and O–H groups in total. The Labute approximate surface area is 165 Å². The van der Waals surface area contributed by atoms with Crippen molar-refractivity contribution in [1.29, 1.82) is 0 Å². The largest absolute Gasteiger partial charge is 0.409 e. The summed E-state index contributed by atoms with van der Waals surface area (Å²) in [6.45, 7) is 2.42. The second-order valence-corrected chi connectivity index (χ2v) is 7.38. The third-order valence-corrected chi connectivity index (χ3v) is 5.61. The molecule has 0 atom stereocenters. The minimum Gasteiger partial charge on any atom is -0.409 e. The highest BCUT2D eigenvalue weighted by atomic mass is 32.1. The predicted octanol–water partition coefficient (Wildman–Crippen LogP) is 3.68. The maximum Gasteiger partial charge on any atom is 0.299 e. The van der Waals surface area contributed by atoms with Gasteiger partial charge in [0.25, 0.3) is 6.47 Å². The van der Waals surface area contributed by atoms with Gasteiger partial charge in [0.1, 0.15) is 11.5 Å². The minimum absolute atomic E-state index is 0.260. The van der Waals surface area contributed by atoms with Crippen LogP contribution in [0.5, 0.6) is 5.88 Å². The Kier molecular flexibility index (Phi) is 4.25. The lowest BCUT2D eigenvalue weighted by molar-refractivity contribution is -0.120. The molecule has 140 valence electrons. The third kappa shape index (κ3) is 2.91. The van der Waals surface area contributed by atoms with E-state index in [1.54, 1.807) is 10.1 Å². The van der Waals surface area contributed by atoms with Gasteiger partial charge < -0.3 is 9.64 Å². The zero-order valence-corrected chi connectivity index (χ0v) is 15.8. The number of nitrogens with zero attached hydrogens (tertiary/aromatic N) is 5. The zero-order chi connectivity index (χ0) is 18.9. The standard InChI is InChI=1S/C20H17N5O2S/c26-13-27-17-12-28-20(22-17)25-19-15(18(23-25)14-6-2-1-3-7-14)8-9-16(21-19)24-10-4-5-11-24/h1-3,6-9,12-13H,4-5,10-11H2. The number of fused-ring (bicyclic) bond motifs is 1. The van der Waals surface area contributed by atoms with Crippen molar-refractivity contribution >= 4 is 34.7 Å². The van der Waals surface area contributed by atoms with E-state index in [9.17, 15) is 4.79 Å². The summed E-state index contributed by atoms with van der Waals surface area (Å²) >= 11 is 1.36. The Hall–Kier alpha value is -3.26. The number of pyridine rings is 1. The molecule has 0 amide bonds. The van der Waals surface area contributed by atoms with Crippen LogP contribution in [0.25, 0.3) is 27.4 Å². The van der Waals surface area contributed by atoms with E-state index in [0.29, 0.717) is 11.6 Å². The molecule has 28 heavy (non-hydrogen) atoms. The molecule has 0 bridgehead atoms. The molecule has 3 aromatic heterocycles. The zero-order valence-electron chi connectivity index (χ0n) is 15.0. The molecule has 7 nitrogen and oxygen atoms in total. The Bertz CT molecular complexity index is 1130. The number of hydrogen-bond acceptors (Lipinski definition) is 7. The van der Waals surface area contributed by atoms with E-state index in [0.717, 1.165) is 41.2 Å². The first-order chi connectivity index (χ1) is 13.8. The summed E-state index contributed by atoms with van der Waals surface area (Å²) in [6.07, 6.45) is 2.38. The molecule has 1 fully saturated rings. The number of thiazole rings is 1. The fourth-order valence-electron chi connectivity index (χ4n) is 3.50. The number of ether oxygens (including phenoxy) is 1. The van der Waals surface area contributed by atoms with Gasteiger partial charge in [0.15, 0.2) is 5.65 Å². The number of carbonyl (C=O) groups excluding carboxylic acids is 1. The normalized spacial score (nSPS) is 13.9. The topological polar surface area (TPSA) is 73.1 Å². The molecular formula is C20H17N5O2S. The van der Waals surface area contributed by atoms with Gasteiger partial charge >= 0.3 is 0 Å². The number of anilines is 1. The van der Waals surface area contributed by atoms with Gasteiger partial charge in [0.2, 0.25) is 11.0 Å². The van der Waals surface area contributed by atoms with Crippen LogP contribution >= 0.6 is 11.3 Å². The van der Waals surface area contributed by atoms with E-state index in [1.807, 2.05) is 30.3 Å². The molecule has 0 unspecified atom stereocenters. The van der Waals surface area contributed by atoms with E-state index >= 15 is 0 Å². The highest BCUT2D eigenvalue weighted by Gasteiger charge is 2.20. The van der Waals surface area contributed by atoms with Crippen LogP contribution in [0.2, 0.25) is 0 Å². The quantitative estimate of drug-likeness (QED) is 0.483. The van der Waals surface area contributed by atoms with Crippen molar-refractivity contribution in [3.05, 3.63) is 47.8 Å². The van der Waals surface area contributed by atoms with E-state index in [-0.39, 0.29) is 5.88 Å². The summed E-state index contributed by atoms with van der Waals surface area (Å²) in [5, 5.41) is 8.06. The van der Waals surface area contributed by atoms with Crippen LogP contribution in [0.15, 0.2) is 47.8 Å². The Morgan fingerprint density at radius 1 is 1.04 bits per heavy atom. The van der Waals surface area contributed by atoms with Crippen molar-refractivity contribution in [3.8, 4) is 22.3 Å². The number of rotatable bonds is 5. The minimum atomic E-state index is 0.260. The van der Waals surface area contributed by atoms with Crippen molar-refractivity contribution in [3.63, 3.8) is 0 Å². The molecule has 4 heterocycles. The van der Waals surface area contributed by atoms with Crippen LogP contribution in [0.3, 0.4) is 0 Å². The van der Waals surface area contributed by atoms with E-state index < -0.39 is 0 Å². The van der Waals surface area contributed by atoms with Gasteiger partial charge in [-0.1, -0.05) is 41.7 Å². The Balaban J connectivity index is 1.69. The molecule has 0 aliphatic carbocycles. The van der Waals surface area contributed by atoms with Gasteiger partial charge in [-0.3, -0.25) is 4.79 Å². The summed E-state index contributed by atoms with van der Waals surface area (Å²) < 4.78 is 6.60. The third-order valence-electron chi connectivity index (χ3n) is 4.81. The molecule has 1 aromatic carbocycles. The predicted molar refractivity (Wildman–Crippen MR) is 108 cm³/mol. The highest BCUT2D eigenvalue weighted by molar-refractivity contribution is 7.12. The molecule has 4 aromatic rings. The van der Waals surface area contributed by atoms with E-state index in [1.165, 1.54) is 24.2 Å². The SMILES string of the molecule is O=COc1csc(-n2nc(-c3ccccc3)c3ccc(N4CCCC4)nc32)n1. The van der Waals surface area contributed by atoms with Crippen LogP contribution in [0.1, 0.15) is 12.8 Å². The molecule has 1 aliphatic rings. The van der Waals surface area contributed by atoms with Gasteiger partial charge in [0.05, 0.1) is 5.38 Å². The molecular weight excluding hydrogens is 374 g/mol. The maximum atomic E-state index is 10.6. The lowest BCUT2D eigenvalue weighted by Gasteiger charge is -2.16. The average Bonchev–Trinajstić information content (AvgIpc) is 3.48. The number of hydrogen-bond donors (Lipinski definition) is 0. The lowest BCUT2D eigenvalue weighted by atomic mass is 10.1. The summed E-state index contributed by atoms with van der Waals surface area (Å²) in [5.74, 6) is 1.21. The van der Waals surface area contributed by atoms with Gasteiger partial charge in [-0.15, -0.1) is 0 Å². The summed E-state index contributed by atoms with van der Waals surface area (Å²) in [4.78, 5) is 22.2. The first kappa shape index (κ1) is 16.9. The molecule has 5 rings (SSSR count). The van der Waals surface area contributed by atoms with Crippen LogP contribution in [-0.4, -0.2) is 39.3 Å². The lowest BCUT2D eigenvalue weighted by Crippen LogP contribution is -2.18. The fraction of sp³-hybridized carbons (Fsp3) is 0.200. The van der Waals surface area contributed by atoms with Crippen LogP contribution in [-0.2, 0) is 4.79 Å². The molecule has 0 spiro atoms. The maximum absolute atomic E-state index is 10.6. The molecule has 1 aliphatic heterocycles. The first-order valence-electron chi connectivity index (χ1n) is 9.10. The van der Waals surface area contributed by atoms with Gasteiger partial charge in [-0.25, -0.2) is 4.98 Å². The molecule has 0 radical (unpaired) electrons. The van der Waals surface area contributed by atoms with Gasteiger partial charge in [-0.2, -0.15) is 14.8 Å². The molecule has 1 saturated heterocycles. The van der Waals surface area contributed by atoms with Crippen molar-refractivity contribution in [2.75, 3.05) is 18.0 Å². The second kappa shape index (κ2) is 7.05. The number of aromatic nitrogens is 4. The van der Waals surface area contributed by atoms with Gasteiger partial charge in [0, 0.05) is 24.0 Å². The molecule has 8 heteroatoms. The number of carbonyl (C=O) groups is 1. The first-order valence-corrected chi connectivity index (χ1v) is 9.98. The number of benzene rings is 1. The summed E-state index contributed by atoms with van der Waals surface area (Å²) in [7, 11) is 0. The second-order valence-electron chi connectivity index (χ2n) is 6.54. The Morgan fingerprint density at radius 2 is 1.86 bits per heavy atom. The van der Waals surface area contributed by atoms with E-state index in [2.05, 4.69) is 22.0 Å². The van der Waals surface area contributed by atoms with Crippen molar-refractivity contribution in [1.82, 2.24) is 19.7 Å². The van der Waals surface area contributed by atoms with Crippen LogP contribution in [0, 0.1) is 0 Å². The van der Waals surface area contributed by atoms with E-state index in [4.69, 9.17) is 14.8 Å². The van der Waals surface area contributed by atoms with Gasteiger partial charge in [-0.05, 0) is 25.0 Å². The fourth-order valence-corrected chi connectivity index (χ4v) is 4.19. The molecule has 0 saturated carbocycles. The van der Waals surface area contributed by atoms with Crippen LogP contribution in [0.4, 0.5) is 5.82 Å². The monoisotopic (exact) mass is 391 g/mol. The average molecular weight is 391 g/mol. The Morgan fingerprint density at radius 3 is 2.64 bits per heavy atom. The smallest absolute Gasteiger partial charge is 0.299 e. The summed E-state index contributed by atoms with van der Waals surface area (Å²) in [6, 6.07) is 14.2. The highest BCUT2D eigenvalue weighted by Crippen LogP contribution is 2.32. The van der Waals surface area contributed by atoms with Crippen molar-refractivity contribution < 1.29 is 9.53 Å². The van der Waals surface area contributed by atoms with Crippen molar-refractivity contribution in [2.45, 2.75) is 12.8 Å². The van der Waals surface area contributed by atoms with Crippen molar-refractivity contribution in [2.24, 2.45) is 0 Å². The summed E-state index contributed by atoms with van der Waals surface area (Å²) in [5.41, 5.74) is 2.61.